The standard InChI is InChI=1S/C23H22N2O3S2/c1-12-4-7-18-15(8-12)9-19(30-18)22-24-25-23(28-22)29-11-16-10-20(26)27-21-14(3)13(2)5-6-17(16)21/h5-6,9-10,12H,4,7-8,11H2,1-3H3. The lowest BCUT2D eigenvalue weighted by atomic mass is 9.90. The quantitative estimate of drug-likeness (QED) is 0.290. The van der Waals surface area contributed by atoms with Gasteiger partial charge in [-0.3, -0.25) is 0 Å². The summed E-state index contributed by atoms with van der Waals surface area (Å²) in [6.45, 7) is 6.29. The second kappa shape index (κ2) is 7.71. The van der Waals surface area contributed by atoms with Crippen LogP contribution in [0.15, 0.2) is 43.1 Å². The lowest BCUT2D eigenvalue weighted by molar-refractivity contribution is 0.466. The van der Waals surface area contributed by atoms with E-state index in [4.69, 9.17) is 8.83 Å². The number of fused-ring (bicyclic) bond motifs is 2. The highest BCUT2D eigenvalue weighted by atomic mass is 32.2. The molecule has 0 radical (unpaired) electrons. The molecular formula is C23H22N2O3S2. The van der Waals surface area contributed by atoms with Gasteiger partial charge in [0.2, 0.25) is 0 Å². The highest BCUT2D eigenvalue weighted by Gasteiger charge is 2.21. The molecule has 0 spiro atoms. The zero-order valence-electron chi connectivity index (χ0n) is 17.2. The number of nitrogens with zero attached hydrogens (tertiary/aromatic N) is 2. The Morgan fingerprint density at radius 2 is 2.07 bits per heavy atom. The van der Waals surface area contributed by atoms with E-state index in [1.165, 1.54) is 28.6 Å². The summed E-state index contributed by atoms with van der Waals surface area (Å²) < 4.78 is 11.4. The van der Waals surface area contributed by atoms with Crippen LogP contribution in [0.25, 0.3) is 21.7 Å². The Balaban J connectivity index is 1.38. The number of thiophene rings is 1. The zero-order valence-corrected chi connectivity index (χ0v) is 18.8. The van der Waals surface area contributed by atoms with Crippen molar-refractivity contribution in [2.45, 2.75) is 51.0 Å². The summed E-state index contributed by atoms with van der Waals surface area (Å²) in [6.07, 6.45) is 3.51. The van der Waals surface area contributed by atoms with Crippen LogP contribution in [0.3, 0.4) is 0 Å². The van der Waals surface area contributed by atoms with Crippen LogP contribution >= 0.6 is 23.1 Å². The molecule has 4 aromatic rings. The third-order valence-corrected chi connectivity index (χ3v) is 7.91. The molecule has 1 unspecified atom stereocenters. The highest BCUT2D eigenvalue weighted by molar-refractivity contribution is 7.98. The molecule has 0 amide bonds. The molecule has 3 aromatic heterocycles. The van der Waals surface area contributed by atoms with E-state index in [9.17, 15) is 4.79 Å². The average molecular weight is 439 g/mol. The van der Waals surface area contributed by atoms with E-state index < -0.39 is 0 Å². The number of aromatic nitrogens is 2. The van der Waals surface area contributed by atoms with Crippen molar-refractivity contribution in [3.05, 3.63) is 61.8 Å². The first-order valence-electron chi connectivity index (χ1n) is 10.1. The first-order chi connectivity index (χ1) is 14.5. The maximum atomic E-state index is 12.1. The molecule has 30 heavy (non-hydrogen) atoms. The maximum absolute atomic E-state index is 12.1. The van der Waals surface area contributed by atoms with Crippen LogP contribution in [0.4, 0.5) is 0 Å². The molecule has 0 aliphatic heterocycles. The van der Waals surface area contributed by atoms with Crippen LogP contribution < -0.4 is 5.63 Å². The molecule has 1 aliphatic carbocycles. The second-order valence-electron chi connectivity index (χ2n) is 8.04. The van der Waals surface area contributed by atoms with Crippen molar-refractivity contribution in [2.75, 3.05) is 0 Å². The van der Waals surface area contributed by atoms with Gasteiger partial charge in [0, 0.05) is 22.1 Å². The predicted octanol–water partition coefficient (Wildman–Crippen LogP) is 5.94. The SMILES string of the molecule is Cc1ccc2c(CSc3nnc(-c4cc5c(s4)CCC(C)C5)o3)cc(=O)oc2c1C. The van der Waals surface area contributed by atoms with Gasteiger partial charge in [-0.05, 0) is 67.3 Å². The molecule has 1 aliphatic rings. The summed E-state index contributed by atoms with van der Waals surface area (Å²) in [5, 5.41) is 9.93. The van der Waals surface area contributed by atoms with Crippen molar-refractivity contribution in [2.24, 2.45) is 5.92 Å². The lowest BCUT2D eigenvalue weighted by Gasteiger charge is -2.16. The topological polar surface area (TPSA) is 69.1 Å². The average Bonchev–Trinajstić information content (AvgIpc) is 3.35. The summed E-state index contributed by atoms with van der Waals surface area (Å²) in [5.41, 5.74) is 4.75. The fourth-order valence-corrected chi connectivity index (χ4v) is 5.85. The van der Waals surface area contributed by atoms with Crippen LogP contribution in [0.2, 0.25) is 0 Å². The van der Waals surface area contributed by atoms with Crippen LogP contribution in [0.5, 0.6) is 0 Å². The molecular weight excluding hydrogens is 416 g/mol. The van der Waals surface area contributed by atoms with Gasteiger partial charge in [0.05, 0.1) is 4.88 Å². The van der Waals surface area contributed by atoms with Crippen LogP contribution in [-0.2, 0) is 18.6 Å². The van der Waals surface area contributed by atoms with Crippen LogP contribution in [-0.4, -0.2) is 10.2 Å². The van der Waals surface area contributed by atoms with E-state index in [2.05, 4.69) is 29.3 Å². The fraction of sp³-hybridized carbons (Fsp3) is 0.348. The van der Waals surface area contributed by atoms with Gasteiger partial charge in [-0.25, -0.2) is 4.79 Å². The second-order valence-corrected chi connectivity index (χ2v) is 10.1. The molecule has 1 aromatic carbocycles. The molecule has 7 heteroatoms. The Labute approximate surface area is 182 Å². The molecule has 5 rings (SSSR count). The van der Waals surface area contributed by atoms with E-state index >= 15 is 0 Å². The van der Waals surface area contributed by atoms with Crippen LogP contribution in [0.1, 0.15) is 40.5 Å². The van der Waals surface area contributed by atoms with Crippen molar-refractivity contribution >= 4 is 34.1 Å². The molecule has 5 nitrogen and oxygen atoms in total. The van der Waals surface area contributed by atoms with Gasteiger partial charge in [-0.1, -0.05) is 30.8 Å². The predicted molar refractivity (Wildman–Crippen MR) is 120 cm³/mol. The van der Waals surface area contributed by atoms with Gasteiger partial charge in [-0.15, -0.1) is 21.5 Å². The first-order valence-corrected chi connectivity index (χ1v) is 11.9. The maximum Gasteiger partial charge on any atom is 0.336 e. The van der Waals surface area contributed by atoms with E-state index in [1.807, 2.05) is 19.9 Å². The van der Waals surface area contributed by atoms with E-state index in [0.29, 0.717) is 22.4 Å². The van der Waals surface area contributed by atoms with Crippen molar-refractivity contribution in [3.63, 3.8) is 0 Å². The minimum absolute atomic E-state index is 0.337. The molecule has 0 saturated heterocycles. The number of benzene rings is 1. The summed E-state index contributed by atoms with van der Waals surface area (Å²) in [5.74, 6) is 1.87. The Morgan fingerprint density at radius 3 is 2.93 bits per heavy atom. The van der Waals surface area contributed by atoms with E-state index in [-0.39, 0.29) is 5.63 Å². The van der Waals surface area contributed by atoms with E-state index in [0.717, 1.165) is 45.7 Å². The van der Waals surface area contributed by atoms with Crippen molar-refractivity contribution in [3.8, 4) is 10.8 Å². The monoisotopic (exact) mass is 438 g/mol. The summed E-state index contributed by atoms with van der Waals surface area (Å²) in [7, 11) is 0. The van der Waals surface area contributed by atoms with Gasteiger partial charge in [0.25, 0.3) is 11.1 Å². The van der Waals surface area contributed by atoms with E-state index in [1.54, 1.807) is 17.4 Å². The molecule has 0 N–H and O–H groups in total. The Kier molecular flexibility index (Phi) is 5.03. The normalized spacial score (nSPS) is 16.2. The Morgan fingerprint density at radius 1 is 1.20 bits per heavy atom. The fourth-order valence-electron chi connectivity index (χ4n) is 3.96. The first kappa shape index (κ1) is 19.6. The minimum Gasteiger partial charge on any atom is -0.422 e. The molecule has 0 fully saturated rings. The Hall–Kier alpha value is -2.38. The third kappa shape index (κ3) is 3.61. The van der Waals surface area contributed by atoms with Crippen LogP contribution in [0, 0.1) is 19.8 Å². The highest BCUT2D eigenvalue weighted by Crippen LogP contribution is 2.37. The third-order valence-electron chi connectivity index (χ3n) is 5.82. The van der Waals surface area contributed by atoms with Gasteiger partial charge in [0.15, 0.2) is 0 Å². The number of aryl methyl sites for hydroxylation is 3. The number of rotatable bonds is 4. The summed E-state index contributed by atoms with van der Waals surface area (Å²) >= 11 is 3.21. The summed E-state index contributed by atoms with van der Waals surface area (Å²) in [4.78, 5) is 14.6. The van der Waals surface area contributed by atoms with Crippen molar-refractivity contribution < 1.29 is 8.83 Å². The molecule has 1 atom stereocenters. The van der Waals surface area contributed by atoms with Gasteiger partial charge in [0.1, 0.15) is 5.58 Å². The van der Waals surface area contributed by atoms with Gasteiger partial charge < -0.3 is 8.83 Å². The minimum atomic E-state index is -0.337. The Bertz CT molecular complexity index is 1300. The molecule has 154 valence electrons. The zero-order chi connectivity index (χ0) is 20.8. The molecule has 3 heterocycles. The number of hydrogen-bond acceptors (Lipinski definition) is 7. The smallest absolute Gasteiger partial charge is 0.336 e. The number of hydrogen-bond donors (Lipinski definition) is 0. The van der Waals surface area contributed by atoms with Crippen molar-refractivity contribution in [1.29, 1.82) is 0 Å². The number of thioether (sulfide) groups is 1. The lowest BCUT2D eigenvalue weighted by Crippen LogP contribution is -2.07. The molecule has 0 bridgehead atoms. The summed E-state index contributed by atoms with van der Waals surface area (Å²) in [6, 6.07) is 7.82. The van der Waals surface area contributed by atoms with Crippen molar-refractivity contribution in [1.82, 2.24) is 10.2 Å². The largest absolute Gasteiger partial charge is 0.422 e. The van der Waals surface area contributed by atoms with Gasteiger partial charge in [-0.2, -0.15) is 0 Å². The molecule has 0 saturated carbocycles. The van der Waals surface area contributed by atoms with Gasteiger partial charge >= 0.3 is 5.63 Å².